The van der Waals surface area contributed by atoms with Crippen molar-refractivity contribution in [1.29, 1.82) is 0 Å². The molecule has 1 aromatic carbocycles. The first kappa shape index (κ1) is 13.8. The lowest BCUT2D eigenvalue weighted by molar-refractivity contribution is 0.0259. The largest absolute Gasteiger partial charge is 0.460 e. The third-order valence-electron chi connectivity index (χ3n) is 1.97. The maximum Gasteiger partial charge on any atom is 0.340 e. The summed E-state index contributed by atoms with van der Waals surface area (Å²) in [5.74, 6) is -0.544. The SMILES string of the molecule is Nc1c(Cl)cccc1C(=O)OCCOCCO. The van der Waals surface area contributed by atoms with E-state index in [1.54, 1.807) is 12.1 Å². The van der Waals surface area contributed by atoms with Gasteiger partial charge in [-0.3, -0.25) is 0 Å². The maximum absolute atomic E-state index is 11.6. The van der Waals surface area contributed by atoms with Crippen LogP contribution >= 0.6 is 11.6 Å². The molecular formula is C11H14ClNO4. The number of hydrogen-bond acceptors (Lipinski definition) is 5. The minimum Gasteiger partial charge on any atom is -0.460 e. The number of anilines is 1. The second kappa shape index (κ2) is 7.11. The van der Waals surface area contributed by atoms with Crippen LogP contribution in [0.2, 0.25) is 5.02 Å². The number of hydrogen-bond donors (Lipinski definition) is 2. The molecule has 0 amide bonds. The Morgan fingerprint density at radius 3 is 2.82 bits per heavy atom. The first-order chi connectivity index (χ1) is 8.16. The number of ether oxygens (including phenoxy) is 2. The van der Waals surface area contributed by atoms with Crippen LogP contribution in [-0.4, -0.2) is 37.5 Å². The number of carbonyl (C=O) groups is 1. The van der Waals surface area contributed by atoms with Crippen molar-refractivity contribution in [2.24, 2.45) is 0 Å². The number of esters is 1. The van der Waals surface area contributed by atoms with E-state index in [0.29, 0.717) is 5.02 Å². The number of aliphatic hydroxyl groups is 1. The van der Waals surface area contributed by atoms with Gasteiger partial charge in [0.05, 0.1) is 36.1 Å². The van der Waals surface area contributed by atoms with Crippen molar-refractivity contribution in [3.8, 4) is 0 Å². The summed E-state index contributed by atoms with van der Waals surface area (Å²) in [5.41, 5.74) is 6.08. The Labute approximate surface area is 104 Å². The van der Waals surface area contributed by atoms with Gasteiger partial charge in [0.25, 0.3) is 0 Å². The average molecular weight is 260 g/mol. The molecule has 1 rings (SSSR count). The second-order valence-electron chi connectivity index (χ2n) is 3.17. The highest BCUT2D eigenvalue weighted by atomic mass is 35.5. The van der Waals surface area contributed by atoms with Gasteiger partial charge in [-0.15, -0.1) is 0 Å². The third-order valence-corrected chi connectivity index (χ3v) is 2.30. The molecular weight excluding hydrogens is 246 g/mol. The van der Waals surface area contributed by atoms with Crippen molar-refractivity contribution in [1.82, 2.24) is 0 Å². The van der Waals surface area contributed by atoms with E-state index in [-0.39, 0.29) is 37.7 Å². The van der Waals surface area contributed by atoms with Crippen molar-refractivity contribution in [3.05, 3.63) is 28.8 Å². The van der Waals surface area contributed by atoms with Crippen molar-refractivity contribution < 1.29 is 19.4 Å². The lowest BCUT2D eigenvalue weighted by atomic mass is 10.2. The average Bonchev–Trinajstić information content (AvgIpc) is 2.32. The standard InChI is InChI=1S/C11H14ClNO4/c12-9-3-1-2-8(10(9)13)11(15)17-7-6-16-5-4-14/h1-3,14H,4-7,13H2. The Morgan fingerprint density at radius 1 is 1.35 bits per heavy atom. The molecule has 94 valence electrons. The second-order valence-corrected chi connectivity index (χ2v) is 3.58. The Bertz CT molecular complexity index is 384. The van der Waals surface area contributed by atoms with Crippen molar-refractivity contribution >= 4 is 23.3 Å². The Hall–Kier alpha value is -1.30. The van der Waals surface area contributed by atoms with Gasteiger partial charge in [0, 0.05) is 0 Å². The predicted molar refractivity (Wildman–Crippen MR) is 64.1 cm³/mol. The van der Waals surface area contributed by atoms with Gasteiger partial charge < -0.3 is 20.3 Å². The Kier molecular flexibility index (Phi) is 5.76. The molecule has 3 N–H and O–H groups in total. The highest BCUT2D eigenvalue weighted by Crippen LogP contribution is 2.22. The molecule has 0 saturated carbocycles. The van der Waals surface area contributed by atoms with Gasteiger partial charge in [0.1, 0.15) is 6.61 Å². The number of para-hydroxylation sites is 1. The highest BCUT2D eigenvalue weighted by molar-refractivity contribution is 6.33. The van der Waals surface area contributed by atoms with Crippen molar-refractivity contribution in [2.45, 2.75) is 0 Å². The number of carbonyl (C=O) groups excluding carboxylic acids is 1. The highest BCUT2D eigenvalue weighted by Gasteiger charge is 2.12. The van der Waals surface area contributed by atoms with Crippen LogP contribution in [0.3, 0.4) is 0 Å². The van der Waals surface area contributed by atoms with Gasteiger partial charge in [-0.2, -0.15) is 0 Å². The summed E-state index contributed by atoms with van der Waals surface area (Å²) in [6.45, 7) is 0.490. The summed E-state index contributed by atoms with van der Waals surface area (Å²) in [6.07, 6.45) is 0. The predicted octanol–water partition coefficient (Wildman–Crippen LogP) is 1.09. The molecule has 5 nitrogen and oxygen atoms in total. The van der Waals surface area contributed by atoms with E-state index in [4.69, 9.17) is 31.9 Å². The van der Waals surface area contributed by atoms with Crippen LogP contribution in [0.4, 0.5) is 5.69 Å². The van der Waals surface area contributed by atoms with E-state index in [0.717, 1.165) is 0 Å². The minimum absolute atomic E-state index is 0.0603. The van der Waals surface area contributed by atoms with Crippen LogP contribution in [0.1, 0.15) is 10.4 Å². The molecule has 0 spiro atoms. The van der Waals surface area contributed by atoms with Crippen molar-refractivity contribution in [2.75, 3.05) is 32.2 Å². The van der Waals surface area contributed by atoms with E-state index >= 15 is 0 Å². The summed E-state index contributed by atoms with van der Waals surface area (Å²) >= 11 is 5.78. The molecule has 0 aromatic heterocycles. The zero-order chi connectivity index (χ0) is 12.7. The van der Waals surface area contributed by atoms with Crippen molar-refractivity contribution in [3.63, 3.8) is 0 Å². The van der Waals surface area contributed by atoms with Gasteiger partial charge >= 0.3 is 5.97 Å². The monoisotopic (exact) mass is 259 g/mol. The van der Waals surface area contributed by atoms with Crippen LogP contribution in [-0.2, 0) is 9.47 Å². The normalized spacial score (nSPS) is 10.2. The number of benzene rings is 1. The van der Waals surface area contributed by atoms with Crippen LogP contribution in [0.25, 0.3) is 0 Å². The van der Waals surface area contributed by atoms with Gasteiger partial charge in [0.2, 0.25) is 0 Å². The Balaban J connectivity index is 2.44. The molecule has 0 bridgehead atoms. The summed E-state index contributed by atoms with van der Waals surface area (Å²) in [7, 11) is 0. The van der Waals surface area contributed by atoms with Crippen LogP contribution in [0, 0.1) is 0 Å². The molecule has 0 unspecified atom stereocenters. The lowest BCUT2D eigenvalue weighted by Gasteiger charge is -2.08. The number of aliphatic hydroxyl groups excluding tert-OH is 1. The first-order valence-electron chi connectivity index (χ1n) is 5.06. The summed E-state index contributed by atoms with van der Waals surface area (Å²) < 4.78 is 9.86. The zero-order valence-corrected chi connectivity index (χ0v) is 9.94. The van der Waals surface area contributed by atoms with Crippen LogP contribution in [0.5, 0.6) is 0 Å². The topological polar surface area (TPSA) is 81.8 Å². The fourth-order valence-electron chi connectivity index (χ4n) is 1.15. The van der Waals surface area contributed by atoms with Crippen LogP contribution < -0.4 is 5.73 Å². The fourth-order valence-corrected chi connectivity index (χ4v) is 1.33. The zero-order valence-electron chi connectivity index (χ0n) is 9.19. The fraction of sp³-hybridized carbons (Fsp3) is 0.364. The molecule has 0 radical (unpaired) electrons. The van der Waals surface area contributed by atoms with E-state index in [2.05, 4.69) is 0 Å². The molecule has 0 aliphatic rings. The molecule has 17 heavy (non-hydrogen) atoms. The molecule has 0 aliphatic carbocycles. The van der Waals surface area contributed by atoms with E-state index in [9.17, 15) is 4.79 Å². The summed E-state index contributed by atoms with van der Waals surface area (Å²) in [6, 6.07) is 4.76. The van der Waals surface area contributed by atoms with Gasteiger partial charge in [-0.05, 0) is 12.1 Å². The minimum atomic E-state index is -0.544. The number of nitrogen functional groups attached to an aromatic ring is 1. The Morgan fingerprint density at radius 2 is 2.12 bits per heavy atom. The molecule has 6 heteroatoms. The quantitative estimate of drug-likeness (QED) is 0.454. The van der Waals surface area contributed by atoms with E-state index in [1.807, 2.05) is 0 Å². The molecule has 0 saturated heterocycles. The van der Waals surface area contributed by atoms with Gasteiger partial charge in [0.15, 0.2) is 0 Å². The smallest absolute Gasteiger partial charge is 0.340 e. The molecule has 0 aliphatic heterocycles. The van der Waals surface area contributed by atoms with E-state index in [1.165, 1.54) is 6.07 Å². The lowest BCUT2D eigenvalue weighted by Crippen LogP contribution is -2.13. The van der Waals surface area contributed by atoms with Gasteiger partial charge in [-0.25, -0.2) is 4.79 Å². The molecule has 0 heterocycles. The maximum atomic E-state index is 11.6. The number of rotatable bonds is 6. The number of nitrogens with two attached hydrogens (primary N) is 1. The molecule has 0 fully saturated rings. The molecule has 0 atom stereocenters. The van der Waals surface area contributed by atoms with Gasteiger partial charge in [-0.1, -0.05) is 17.7 Å². The summed E-state index contributed by atoms with van der Waals surface area (Å²) in [5, 5.41) is 8.77. The first-order valence-corrected chi connectivity index (χ1v) is 5.44. The number of halogens is 1. The third kappa shape index (κ3) is 4.22. The molecule has 1 aromatic rings. The van der Waals surface area contributed by atoms with Crippen LogP contribution in [0.15, 0.2) is 18.2 Å². The van der Waals surface area contributed by atoms with E-state index < -0.39 is 5.97 Å². The summed E-state index contributed by atoms with van der Waals surface area (Å²) in [4.78, 5) is 11.6.